The minimum Gasteiger partial charge on any atom is -0.493 e. The molecule has 1 heterocycles. The zero-order chi connectivity index (χ0) is 24.5. The van der Waals surface area contributed by atoms with E-state index in [0.29, 0.717) is 28.8 Å². The molecule has 1 atom stereocenters. The maximum atomic E-state index is 14.3. The van der Waals surface area contributed by atoms with Gasteiger partial charge in [-0.2, -0.15) is 0 Å². The quantitative estimate of drug-likeness (QED) is 0.414. The van der Waals surface area contributed by atoms with Crippen LogP contribution >= 0.6 is 23.2 Å². The average Bonchev–Trinajstić information content (AvgIpc) is 3.61. The van der Waals surface area contributed by atoms with E-state index in [4.69, 9.17) is 27.9 Å². The van der Waals surface area contributed by atoms with Crippen LogP contribution in [0, 0.1) is 11.2 Å². The number of aliphatic hydroxyl groups excluding tert-OH is 1. The number of rotatable bonds is 9. The molecule has 2 N–H and O–H groups in total. The van der Waals surface area contributed by atoms with Gasteiger partial charge in [0.2, 0.25) is 0 Å². The van der Waals surface area contributed by atoms with Crippen LogP contribution in [0.1, 0.15) is 72.5 Å². The molecule has 4 rings (SSSR count). The number of nitrogens with zero attached hydrogens (tertiary/aromatic N) is 1. The maximum absolute atomic E-state index is 14.3. The van der Waals surface area contributed by atoms with Crippen LogP contribution in [-0.2, 0) is 0 Å². The summed E-state index contributed by atoms with van der Waals surface area (Å²) in [5, 5.41) is 20.1. The minimum absolute atomic E-state index is 0.0193. The molecule has 1 aliphatic heterocycles. The van der Waals surface area contributed by atoms with Gasteiger partial charge in [0.15, 0.2) is 0 Å². The first-order chi connectivity index (χ1) is 16.2. The Labute approximate surface area is 209 Å². The summed E-state index contributed by atoms with van der Waals surface area (Å²) in [7, 11) is 0. The predicted octanol–water partition coefficient (Wildman–Crippen LogP) is 6.31. The highest BCUT2D eigenvalue weighted by Crippen LogP contribution is 2.46. The molecule has 5 nitrogen and oxygen atoms in total. The summed E-state index contributed by atoms with van der Waals surface area (Å²) in [4.78, 5) is 13.7. The Bertz CT molecular complexity index is 1030. The smallest absolute Gasteiger partial charge is 0.338 e. The molecule has 0 bridgehead atoms. The number of carboxylic acid groups (broad SMARTS) is 1. The fraction of sp³-hybridized carbons (Fsp3) is 0.500. The summed E-state index contributed by atoms with van der Waals surface area (Å²) < 4.78 is 20.5. The minimum atomic E-state index is -1.26. The van der Waals surface area contributed by atoms with Gasteiger partial charge in [-0.3, -0.25) is 4.90 Å². The Balaban J connectivity index is 1.43. The van der Waals surface area contributed by atoms with Crippen molar-refractivity contribution in [3.05, 3.63) is 62.9 Å². The van der Waals surface area contributed by atoms with Crippen molar-refractivity contribution in [3.63, 3.8) is 0 Å². The van der Waals surface area contributed by atoms with E-state index in [0.717, 1.165) is 49.9 Å². The molecule has 1 saturated carbocycles. The van der Waals surface area contributed by atoms with E-state index < -0.39 is 11.8 Å². The van der Waals surface area contributed by atoms with Crippen molar-refractivity contribution >= 4 is 29.2 Å². The number of hydrogen-bond acceptors (Lipinski definition) is 4. The van der Waals surface area contributed by atoms with Crippen molar-refractivity contribution in [1.29, 1.82) is 0 Å². The second-order valence-corrected chi connectivity index (χ2v) is 10.7. The number of halogens is 3. The second-order valence-electron chi connectivity index (χ2n) is 9.82. The number of benzene rings is 2. The van der Waals surface area contributed by atoms with E-state index in [9.17, 15) is 19.4 Å². The molecular formula is C26H30Cl2FNO4. The first-order valence-corrected chi connectivity index (χ1v) is 12.4. The van der Waals surface area contributed by atoms with E-state index in [2.05, 4.69) is 11.8 Å². The molecule has 0 aromatic heterocycles. The summed E-state index contributed by atoms with van der Waals surface area (Å²) in [6.07, 6.45) is 4.26. The molecule has 2 aromatic carbocycles. The molecule has 0 unspecified atom stereocenters. The van der Waals surface area contributed by atoms with Gasteiger partial charge in [-0.15, -0.1) is 0 Å². The number of piperidine rings is 1. The van der Waals surface area contributed by atoms with Crippen LogP contribution in [-0.4, -0.2) is 47.4 Å². The van der Waals surface area contributed by atoms with Crippen molar-refractivity contribution in [3.8, 4) is 5.75 Å². The van der Waals surface area contributed by atoms with Crippen molar-refractivity contribution in [2.45, 2.75) is 51.0 Å². The largest absolute Gasteiger partial charge is 0.493 e. The van der Waals surface area contributed by atoms with E-state index in [1.54, 1.807) is 6.07 Å². The van der Waals surface area contributed by atoms with Crippen LogP contribution in [0.25, 0.3) is 0 Å². The van der Waals surface area contributed by atoms with Gasteiger partial charge in [-0.05, 0) is 86.5 Å². The van der Waals surface area contributed by atoms with Crippen LogP contribution in [0.3, 0.4) is 0 Å². The van der Waals surface area contributed by atoms with Gasteiger partial charge in [0.05, 0.1) is 12.2 Å². The first-order valence-electron chi connectivity index (χ1n) is 11.7. The van der Waals surface area contributed by atoms with Gasteiger partial charge in [-0.25, -0.2) is 9.18 Å². The predicted molar refractivity (Wildman–Crippen MR) is 131 cm³/mol. The zero-order valence-electron chi connectivity index (χ0n) is 19.2. The molecule has 1 aliphatic carbocycles. The van der Waals surface area contributed by atoms with Gasteiger partial charge >= 0.3 is 5.97 Å². The Morgan fingerprint density at radius 1 is 1.18 bits per heavy atom. The fourth-order valence-electron chi connectivity index (χ4n) is 4.80. The summed E-state index contributed by atoms with van der Waals surface area (Å²) in [6, 6.07) is 8.19. The van der Waals surface area contributed by atoms with Crippen LogP contribution < -0.4 is 4.74 Å². The molecule has 0 amide bonds. The monoisotopic (exact) mass is 509 g/mol. The Kier molecular flexibility index (Phi) is 7.72. The standard InChI is InChI=1S/C26H30Cl2FNO4/c1-26(15-34-24-14-22(29)21(25(32)33)13-20(24)16-2-3-16)5-7-30(8-6-26)23(4-9-31)17-10-18(27)12-19(28)11-17/h10-14,16,23,31H,2-9,15H2,1H3,(H,32,33)/t23-/m0/s1. The van der Waals surface area contributed by atoms with E-state index in [-0.39, 0.29) is 29.5 Å². The Morgan fingerprint density at radius 3 is 2.38 bits per heavy atom. The van der Waals surface area contributed by atoms with E-state index >= 15 is 0 Å². The molecule has 2 fully saturated rings. The van der Waals surface area contributed by atoms with Gasteiger partial charge < -0.3 is 14.9 Å². The van der Waals surface area contributed by atoms with Crippen LogP contribution in [0.4, 0.5) is 4.39 Å². The fourth-order valence-corrected chi connectivity index (χ4v) is 5.34. The molecular weight excluding hydrogens is 480 g/mol. The summed E-state index contributed by atoms with van der Waals surface area (Å²) in [5.41, 5.74) is 1.38. The third kappa shape index (κ3) is 5.85. The Hall–Kier alpha value is -1.86. The number of ether oxygens (including phenoxy) is 1. The molecule has 2 aliphatic rings. The topological polar surface area (TPSA) is 70.0 Å². The first kappa shape index (κ1) is 25.2. The molecule has 0 radical (unpaired) electrons. The average molecular weight is 510 g/mol. The highest BCUT2D eigenvalue weighted by atomic mass is 35.5. The van der Waals surface area contributed by atoms with Crippen LogP contribution in [0.5, 0.6) is 5.75 Å². The second kappa shape index (κ2) is 10.4. The molecule has 0 spiro atoms. The highest BCUT2D eigenvalue weighted by Gasteiger charge is 2.35. The number of carboxylic acids is 1. The summed E-state index contributed by atoms with van der Waals surface area (Å²) in [6.45, 7) is 4.29. The van der Waals surface area contributed by atoms with Crippen molar-refractivity contribution in [2.24, 2.45) is 5.41 Å². The van der Waals surface area contributed by atoms with Crippen molar-refractivity contribution in [1.82, 2.24) is 4.90 Å². The highest BCUT2D eigenvalue weighted by molar-refractivity contribution is 6.34. The van der Waals surface area contributed by atoms with Gasteiger partial charge in [0.1, 0.15) is 11.6 Å². The van der Waals surface area contributed by atoms with Crippen molar-refractivity contribution in [2.75, 3.05) is 26.3 Å². The molecule has 184 valence electrons. The lowest BCUT2D eigenvalue weighted by Gasteiger charge is -2.42. The number of carbonyl (C=O) groups is 1. The lowest BCUT2D eigenvalue weighted by atomic mass is 9.80. The molecule has 34 heavy (non-hydrogen) atoms. The summed E-state index contributed by atoms with van der Waals surface area (Å²) in [5.74, 6) is -1.32. The van der Waals surface area contributed by atoms with Gasteiger partial charge in [0, 0.05) is 34.2 Å². The Morgan fingerprint density at radius 2 is 1.82 bits per heavy atom. The maximum Gasteiger partial charge on any atom is 0.338 e. The molecule has 8 heteroatoms. The normalized spacial score (nSPS) is 19.1. The van der Waals surface area contributed by atoms with E-state index in [1.807, 2.05) is 12.1 Å². The number of aromatic carboxylic acids is 1. The molecule has 2 aromatic rings. The van der Waals surface area contributed by atoms with Gasteiger partial charge in [0.25, 0.3) is 0 Å². The number of aliphatic hydroxyl groups is 1. The number of hydrogen-bond donors (Lipinski definition) is 2. The lowest BCUT2D eigenvalue weighted by molar-refractivity contribution is 0.0405. The van der Waals surface area contributed by atoms with Crippen molar-refractivity contribution < 1.29 is 24.1 Å². The van der Waals surface area contributed by atoms with Crippen LogP contribution in [0.15, 0.2) is 30.3 Å². The number of likely N-dealkylation sites (tertiary alicyclic amines) is 1. The van der Waals surface area contributed by atoms with Gasteiger partial charge in [-0.1, -0.05) is 30.1 Å². The zero-order valence-corrected chi connectivity index (χ0v) is 20.7. The van der Waals surface area contributed by atoms with E-state index in [1.165, 1.54) is 12.1 Å². The SMILES string of the molecule is CC1(COc2cc(F)c(C(=O)O)cc2C2CC2)CCN([C@@H](CCO)c2cc(Cl)cc(Cl)c2)CC1. The lowest BCUT2D eigenvalue weighted by Crippen LogP contribution is -2.43. The summed E-state index contributed by atoms with van der Waals surface area (Å²) >= 11 is 12.4. The molecule has 1 saturated heterocycles. The third-order valence-electron chi connectivity index (χ3n) is 7.04. The third-order valence-corrected chi connectivity index (χ3v) is 7.48. The van der Waals surface area contributed by atoms with Crippen LogP contribution in [0.2, 0.25) is 10.0 Å².